The van der Waals surface area contributed by atoms with E-state index in [1.54, 1.807) is 0 Å². The van der Waals surface area contributed by atoms with Gasteiger partial charge in [-0.2, -0.15) is 0 Å². The molecule has 0 saturated carbocycles. The summed E-state index contributed by atoms with van der Waals surface area (Å²) in [4.78, 5) is 35.2. The van der Waals surface area contributed by atoms with E-state index in [-0.39, 0.29) is 19.1 Å². The highest BCUT2D eigenvalue weighted by molar-refractivity contribution is 5.88. The monoisotopic (exact) mass is 336 g/mol. The van der Waals surface area contributed by atoms with Crippen LogP contribution in [0.2, 0.25) is 0 Å². The maximum atomic E-state index is 12.2. The molecule has 1 aromatic rings. The van der Waals surface area contributed by atoms with E-state index in [1.807, 2.05) is 44.2 Å². The van der Waals surface area contributed by atoms with Crippen LogP contribution in [-0.2, 0) is 25.7 Å². The third-order valence-corrected chi connectivity index (χ3v) is 3.62. The molecule has 1 rings (SSSR count). The van der Waals surface area contributed by atoms with Gasteiger partial charge >= 0.3 is 12.1 Å². The molecule has 0 spiro atoms. The van der Waals surface area contributed by atoms with Gasteiger partial charge in [0.25, 0.3) is 0 Å². The topological polar surface area (TPSA) is 93.7 Å². The number of nitrogens with one attached hydrogen (secondary N) is 2. The summed E-state index contributed by atoms with van der Waals surface area (Å²) in [5.74, 6) is -1.13. The Morgan fingerprint density at radius 1 is 1.17 bits per heavy atom. The fourth-order valence-electron chi connectivity index (χ4n) is 1.94. The van der Waals surface area contributed by atoms with Gasteiger partial charge in [-0.25, -0.2) is 4.79 Å². The van der Waals surface area contributed by atoms with Crippen LogP contribution in [-0.4, -0.2) is 37.7 Å². The molecule has 1 aromatic carbocycles. The molecule has 2 atom stereocenters. The molecule has 0 aromatic heterocycles. The number of benzene rings is 1. The molecule has 0 saturated heterocycles. The Balaban J connectivity index is 2.56. The number of carbonyl (C=O) groups is 3. The highest BCUT2D eigenvalue weighted by Gasteiger charge is 2.26. The lowest BCUT2D eigenvalue weighted by molar-refractivity contribution is -0.141. The largest absolute Gasteiger partial charge is 0.468 e. The number of esters is 1. The summed E-state index contributed by atoms with van der Waals surface area (Å²) < 4.78 is 9.60. The third kappa shape index (κ3) is 6.68. The predicted octanol–water partition coefficient (Wildman–Crippen LogP) is 1.62. The first-order valence-corrected chi connectivity index (χ1v) is 7.79. The Bertz CT molecular complexity index is 547. The van der Waals surface area contributed by atoms with Gasteiger partial charge in [0.05, 0.1) is 7.11 Å². The van der Waals surface area contributed by atoms with Crippen molar-refractivity contribution in [1.82, 2.24) is 10.6 Å². The highest BCUT2D eigenvalue weighted by Crippen LogP contribution is 2.09. The van der Waals surface area contributed by atoms with Crippen LogP contribution in [0.1, 0.15) is 25.8 Å². The Labute approximate surface area is 141 Å². The molecule has 7 nitrogen and oxygen atoms in total. The average molecular weight is 336 g/mol. The van der Waals surface area contributed by atoms with E-state index < -0.39 is 24.0 Å². The van der Waals surface area contributed by atoms with Gasteiger partial charge < -0.3 is 20.1 Å². The van der Waals surface area contributed by atoms with Crippen molar-refractivity contribution in [2.45, 2.75) is 32.9 Å². The molecule has 0 aliphatic heterocycles. The molecular formula is C17H24N2O5. The summed E-state index contributed by atoms with van der Waals surface area (Å²) in [6.07, 6.45) is -0.00712. The molecule has 132 valence electrons. The number of hydrogen-bond donors (Lipinski definition) is 2. The summed E-state index contributed by atoms with van der Waals surface area (Å²) in [6, 6.07) is 8.44. The summed E-state index contributed by atoms with van der Waals surface area (Å²) in [5, 5.41) is 5.00. The summed E-state index contributed by atoms with van der Waals surface area (Å²) >= 11 is 0. The van der Waals surface area contributed by atoms with Crippen molar-refractivity contribution in [2.24, 2.45) is 5.92 Å². The molecule has 0 aliphatic carbocycles. The zero-order chi connectivity index (χ0) is 17.9. The van der Waals surface area contributed by atoms with Crippen LogP contribution in [0.4, 0.5) is 4.79 Å². The van der Waals surface area contributed by atoms with Crippen molar-refractivity contribution in [2.75, 3.05) is 13.7 Å². The number of alkyl carbamates (subject to hydrolysis) is 1. The Morgan fingerprint density at radius 3 is 2.42 bits per heavy atom. The van der Waals surface area contributed by atoms with Gasteiger partial charge in [0, 0.05) is 0 Å². The molecule has 2 amide bonds. The second-order valence-corrected chi connectivity index (χ2v) is 5.36. The van der Waals surface area contributed by atoms with Crippen LogP contribution in [0.25, 0.3) is 0 Å². The molecule has 0 radical (unpaired) electrons. The van der Waals surface area contributed by atoms with Crippen LogP contribution in [0.15, 0.2) is 30.3 Å². The standard InChI is InChI=1S/C17H24N2O5/c1-4-12(2)15(16(21)18-10-14(20)23-3)19-17(22)24-11-13-8-6-5-7-9-13/h5-9,12,15H,4,10-11H2,1-3H3,(H,18,21)(H,19,22)/t12-,15-/m0/s1. The van der Waals surface area contributed by atoms with Crippen molar-refractivity contribution < 1.29 is 23.9 Å². The van der Waals surface area contributed by atoms with Gasteiger partial charge in [-0.05, 0) is 11.5 Å². The van der Waals surface area contributed by atoms with E-state index in [0.29, 0.717) is 6.42 Å². The number of amides is 2. The molecule has 0 unspecified atom stereocenters. The minimum atomic E-state index is -0.789. The highest BCUT2D eigenvalue weighted by atomic mass is 16.5. The molecule has 24 heavy (non-hydrogen) atoms. The van der Waals surface area contributed by atoms with E-state index in [1.165, 1.54) is 7.11 Å². The van der Waals surface area contributed by atoms with Crippen LogP contribution in [0.5, 0.6) is 0 Å². The van der Waals surface area contributed by atoms with Crippen LogP contribution < -0.4 is 10.6 Å². The van der Waals surface area contributed by atoms with Crippen molar-refractivity contribution >= 4 is 18.0 Å². The third-order valence-electron chi connectivity index (χ3n) is 3.62. The quantitative estimate of drug-likeness (QED) is 0.704. The first-order valence-electron chi connectivity index (χ1n) is 7.79. The number of rotatable bonds is 8. The second-order valence-electron chi connectivity index (χ2n) is 5.36. The minimum Gasteiger partial charge on any atom is -0.468 e. The number of hydrogen-bond acceptors (Lipinski definition) is 5. The summed E-state index contributed by atoms with van der Waals surface area (Å²) in [7, 11) is 1.24. The van der Waals surface area contributed by atoms with Crippen molar-refractivity contribution in [1.29, 1.82) is 0 Å². The van der Waals surface area contributed by atoms with Crippen molar-refractivity contribution in [3.63, 3.8) is 0 Å². The molecule has 0 heterocycles. The van der Waals surface area contributed by atoms with E-state index in [0.717, 1.165) is 5.56 Å². The van der Waals surface area contributed by atoms with Gasteiger partial charge in [-0.1, -0.05) is 50.6 Å². The second kappa shape index (κ2) is 10.3. The lowest BCUT2D eigenvalue weighted by Gasteiger charge is -2.23. The zero-order valence-electron chi connectivity index (χ0n) is 14.2. The SMILES string of the molecule is CC[C@H](C)[C@H](NC(=O)OCc1ccccc1)C(=O)NCC(=O)OC. The van der Waals surface area contributed by atoms with E-state index in [2.05, 4.69) is 15.4 Å². The van der Waals surface area contributed by atoms with E-state index >= 15 is 0 Å². The fourth-order valence-corrected chi connectivity index (χ4v) is 1.94. The average Bonchev–Trinajstić information content (AvgIpc) is 2.62. The van der Waals surface area contributed by atoms with Crippen LogP contribution in [0.3, 0.4) is 0 Å². The molecule has 7 heteroatoms. The van der Waals surface area contributed by atoms with Gasteiger partial charge in [0.2, 0.25) is 5.91 Å². The Kier molecular flexibility index (Phi) is 8.32. The van der Waals surface area contributed by atoms with E-state index in [4.69, 9.17) is 4.74 Å². The Hall–Kier alpha value is -2.57. The van der Waals surface area contributed by atoms with Gasteiger partial charge in [-0.15, -0.1) is 0 Å². The number of ether oxygens (including phenoxy) is 2. The first-order chi connectivity index (χ1) is 11.5. The lowest BCUT2D eigenvalue weighted by Crippen LogP contribution is -2.51. The van der Waals surface area contributed by atoms with Crippen molar-refractivity contribution in [3.05, 3.63) is 35.9 Å². The van der Waals surface area contributed by atoms with Gasteiger partial charge in [0.1, 0.15) is 19.2 Å². The van der Waals surface area contributed by atoms with Gasteiger partial charge in [0.15, 0.2) is 0 Å². The van der Waals surface area contributed by atoms with Crippen LogP contribution in [0, 0.1) is 5.92 Å². The van der Waals surface area contributed by atoms with Gasteiger partial charge in [-0.3, -0.25) is 9.59 Å². The predicted molar refractivity (Wildman–Crippen MR) is 88.0 cm³/mol. The molecular weight excluding hydrogens is 312 g/mol. The minimum absolute atomic E-state index is 0.115. The lowest BCUT2D eigenvalue weighted by atomic mass is 9.98. The first kappa shape index (κ1) is 19.5. The molecule has 0 bridgehead atoms. The number of methoxy groups -OCH3 is 1. The Morgan fingerprint density at radius 2 is 1.83 bits per heavy atom. The molecule has 0 fully saturated rings. The fraction of sp³-hybridized carbons (Fsp3) is 0.471. The maximum Gasteiger partial charge on any atom is 0.408 e. The summed E-state index contributed by atoms with van der Waals surface area (Å²) in [6.45, 7) is 3.61. The van der Waals surface area contributed by atoms with E-state index in [9.17, 15) is 14.4 Å². The van der Waals surface area contributed by atoms with Crippen LogP contribution >= 0.6 is 0 Å². The summed E-state index contributed by atoms with van der Waals surface area (Å²) in [5.41, 5.74) is 0.850. The normalized spacial score (nSPS) is 12.6. The van der Waals surface area contributed by atoms with Crippen molar-refractivity contribution in [3.8, 4) is 0 Å². The maximum absolute atomic E-state index is 12.2. The molecule has 2 N–H and O–H groups in total. The molecule has 0 aliphatic rings. The smallest absolute Gasteiger partial charge is 0.408 e. The number of carbonyl (C=O) groups excluding carboxylic acids is 3. The zero-order valence-corrected chi connectivity index (χ0v) is 14.2.